The average molecular weight is 422 g/mol. The molecule has 5 unspecified atom stereocenters. The molecule has 3 aliphatic rings. The zero-order valence-electron chi connectivity index (χ0n) is 16.2. The van der Waals surface area contributed by atoms with Crippen molar-refractivity contribution >= 4 is 23.5 Å². The van der Waals surface area contributed by atoms with Gasteiger partial charge in [0.2, 0.25) is 11.8 Å². The SMILES string of the molecule is CC(=O)OC1CC2(C)OC1(C)C1C(=O)N(c3ccc(C#N)c(C(F)(F)F)c3)C(=O)C12. The van der Waals surface area contributed by atoms with Crippen molar-refractivity contribution in [1.29, 1.82) is 5.26 Å². The Morgan fingerprint density at radius 1 is 1.27 bits per heavy atom. The first kappa shape index (κ1) is 20.3. The van der Waals surface area contributed by atoms with E-state index >= 15 is 0 Å². The number of benzene rings is 1. The van der Waals surface area contributed by atoms with Crippen molar-refractivity contribution in [3.8, 4) is 6.07 Å². The lowest BCUT2D eigenvalue weighted by atomic mass is 9.67. The third-order valence-electron chi connectivity index (χ3n) is 6.26. The number of ether oxygens (including phenoxy) is 2. The first-order valence-corrected chi connectivity index (χ1v) is 9.20. The summed E-state index contributed by atoms with van der Waals surface area (Å²) < 4.78 is 51.4. The number of nitrogens with zero attached hydrogens (tertiary/aromatic N) is 2. The molecule has 2 amide bonds. The molecule has 10 heteroatoms. The number of imide groups is 1. The molecule has 3 heterocycles. The number of alkyl halides is 3. The molecule has 1 aromatic rings. The lowest BCUT2D eigenvalue weighted by molar-refractivity contribution is -0.159. The van der Waals surface area contributed by atoms with Crippen molar-refractivity contribution in [2.24, 2.45) is 11.8 Å². The molecular formula is C20H17F3N2O5. The van der Waals surface area contributed by atoms with Gasteiger partial charge in [-0.05, 0) is 32.0 Å². The summed E-state index contributed by atoms with van der Waals surface area (Å²) in [4.78, 5) is 38.6. The van der Waals surface area contributed by atoms with Crippen molar-refractivity contribution in [1.82, 2.24) is 0 Å². The zero-order valence-corrected chi connectivity index (χ0v) is 16.2. The minimum absolute atomic E-state index is 0.193. The number of carbonyl (C=O) groups is 3. The third kappa shape index (κ3) is 2.58. The highest BCUT2D eigenvalue weighted by Crippen LogP contribution is 2.61. The average Bonchev–Trinajstić information content (AvgIpc) is 3.14. The fourth-order valence-electron chi connectivity index (χ4n) is 5.11. The predicted molar refractivity (Wildman–Crippen MR) is 93.7 cm³/mol. The minimum Gasteiger partial charge on any atom is -0.459 e. The normalized spacial score (nSPS) is 34.8. The van der Waals surface area contributed by atoms with E-state index in [4.69, 9.17) is 14.7 Å². The highest BCUT2D eigenvalue weighted by molar-refractivity contribution is 6.23. The monoisotopic (exact) mass is 422 g/mol. The summed E-state index contributed by atoms with van der Waals surface area (Å²) in [6, 6.07) is 4.17. The molecule has 0 radical (unpaired) electrons. The Kier molecular flexibility index (Phi) is 4.10. The number of esters is 1. The lowest BCUT2D eigenvalue weighted by Gasteiger charge is -2.34. The summed E-state index contributed by atoms with van der Waals surface area (Å²) in [6.45, 7) is 4.43. The van der Waals surface area contributed by atoms with Crippen LogP contribution in [-0.4, -0.2) is 35.1 Å². The minimum atomic E-state index is -4.83. The number of carbonyl (C=O) groups excluding carboxylic acids is 3. The smallest absolute Gasteiger partial charge is 0.417 e. The molecule has 2 bridgehead atoms. The van der Waals surface area contributed by atoms with Crippen molar-refractivity contribution in [3.05, 3.63) is 29.3 Å². The summed E-state index contributed by atoms with van der Waals surface area (Å²) in [7, 11) is 0. The molecule has 0 saturated carbocycles. The van der Waals surface area contributed by atoms with Crippen molar-refractivity contribution in [2.45, 2.75) is 50.7 Å². The van der Waals surface area contributed by atoms with Crippen molar-refractivity contribution in [2.75, 3.05) is 4.90 Å². The second kappa shape index (κ2) is 6.04. The second-order valence-electron chi connectivity index (χ2n) is 8.21. The highest BCUT2D eigenvalue weighted by atomic mass is 19.4. The molecule has 30 heavy (non-hydrogen) atoms. The van der Waals surface area contributed by atoms with E-state index in [1.165, 1.54) is 13.0 Å². The number of nitriles is 1. The van der Waals surface area contributed by atoms with Crippen molar-refractivity contribution < 1.29 is 37.0 Å². The van der Waals surface area contributed by atoms with Gasteiger partial charge >= 0.3 is 12.1 Å². The van der Waals surface area contributed by atoms with Crippen LogP contribution in [0.2, 0.25) is 0 Å². The maximum Gasteiger partial charge on any atom is 0.417 e. The van der Waals surface area contributed by atoms with Crippen LogP contribution in [0.15, 0.2) is 18.2 Å². The van der Waals surface area contributed by atoms with E-state index in [0.717, 1.165) is 17.0 Å². The summed E-state index contributed by atoms with van der Waals surface area (Å²) in [6.07, 6.45) is -5.40. The van der Waals surface area contributed by atoms with E-state index in [9.17, 15) is 27.6 Å². The van der Waals surface area contributed by atoms with Gasteiger partial charge in [-0.2, -0.15) is 18.4 Å². The number of anilines is 1. The molecule has 7 nitrogen and oxygen atoms in total. The topological polar surface area (TPSA) is 96.7 Å². The standard InChI is InChI=1S/C20H17F3N2O5/c1-9(26)29-13-7-18(2)14-15(19(13,3)30-18)17(28)25(16(14)27)11-5-4-10(8-24)12(6-11)20(21,22)23/h4-6,13-15H,7H2,1-3H3. The predicted octanol–water partition coefficient (Wildman–Crippen LogP) is 2.57. The molecule has 3 saturated heterocycles. The fourth-order valence-corrected chi connectivity index (χ4v) is 5.11. The molecule has 5 atom stereocenters. The molecular weight excluding hydrogens is 405 g/mol. The van der Waals surface area contributed by atoms with Gasteiger partial charge in [0.25, 0.3) is 0 Å². The number of fused-ring (bicyclic) bond motifs is 5. The van der Waals surface area contributed by atoms with Gasteiger partial charge in [-0.25, -0.2) is 4.90 Å². The van der Waals surface area contributed by atoms with E-state index in [1.54, 1.807) is 13.8 Å². The molecule has 0 aromatic heterocycles. The van der Waals surface area contributed by atoms with Gasteiger partial charge in [-0.3, -0.25) is 14.4 Å². The van der Waals surface area contributed by atoms with Crippen LogP contribution in [0.5, 0.6) is 0 Å². The van der Waals surface area contributed by atoms with Gasteiger partial charge in [-0.1, -0.05) is 0 Å². The number of hydrogen-bond donors (Lipinski definition) is 0. The maximum atomic E-state index is 13.3. The lowest BCUT2D eigenvalue weighted by Crippen LogP contribution is -2.50. The van der Waals surface area contributed by atoms with Gasteiger partial charge < -0.3 is 9.47 Å². The van der Waals surface area contributed by atoms with Crippen LogP contribution < -0.4 is 4.90 Å². The van der Waals surface area contributed by atoms with Gasteiger partial charge in [0, 0.05) is 13.3 Å². The summed E-state index contributed by atoms with van der Waals surface area (Å²) in [5, 5.41) is 8.96. The Labute approximate surface area is 169 Å². The molecule has 4 rings (SSSR count). The second-order valence-corrected chi connectivity index (χ2v) is 8.21. The quantitative estimate of drug-likeness (QED) is 0.537. The van der Waals surface area contributed by atoms with Gasteiger partial charge in [0.1, 0.15) is 11.7 Å². The maximum absolute atomic E-state index is 13.3. The first-order chi connectivity index (χ1) is 13.8. The van der Waals surface area contributed by atoms with E-state index < -0.39 is 64.2 Å². The number of rotatable bonds is 2. The Morgan fingerprint density at radius 3 is 2.47 bits per heavy atom. The molecule has 0 N–H and O–H groups in total. The Hall–Kier alpha value is -2.93. The van der Waals surface area contributed by atoms with Crippen LogP contribution in [0.3, 0.4) is 0 Å². The van der Waals surface area contributed by atoms with Crippen LogP contribution in [0, 0.1) is 23.2 Å². The molecule has 158 valence electrons. The highest BCUT2D eigenvalue weighted by Gasteiger charge is 2.76. The van der Waals surface area contributed by atoms with Crippen LogP contribution in [0.25, 0.3) is 0 Å². The van der Waals surface area contributed by atoms with Gasteiger partial charge in [0.15, 0.2) is 0 Å². The van der Waals surface area contributed by atoms with E-state index in [0.29, 0.717) is 6.07 Å². The Bertz CT molecular complexity index is 1030. The molecule has 3 fully saturated rings. The molecule has 1 aromatic carbocycles. The Morgan fingerprint density at radius 2 is 1.90 bits per heavy atom. The number of hydrogen-bond acceptors (Lipinski definition) is 6. The van der Waals surface area contributed by atoms with Crippen LogP contribution >= 0.6 is 0 Å². The fraction of sp³-hybridized carbons (Fsp3) is 0.500. The molecule has 3 aliphatic heterocycles. The van der Waals surface area contributed by atoms with Crippen LogP contribution in [0.4, 0.5) is 18.9 Å². The van der Waals surface area contributed by atoms with Gasteiger partial charge in [-0.15, -0.1) is 0 Å². The van der Waals surface area contributed by atoms with Crippen LogP contribution in [0.1, 0.15) is 38.3 Å². The molecule has 0 aliphatic carbocycles. The third-order valence-corrected chi connectivity index (χ3v) is 6.26. The largest absolute Gasteiger partial charge is 0.459 e. The summed E-state index contributed by atoms with van der Waals surface area (Å²) in [5.41, 5.74) is -4.47. The van der Waals surface area contributed by atoms with Crippen LogP contribution in [-0.2, 0) is 30.0 Å². The van der Waals surface area contributed by atoms with Gasteiger partial charge in [0.05, 0.1) is 40.3 Å². The van der Waals surface area contributed by atoms with E-state index in [-0.39, 0.29) is 12.1 Å². The molecule has 0 spiro atoms. The summed E-state index contributed by atoms with van der Waals surface area (Å²) >= 11 is 0. The van der Waals surface area contributed by atoms with E-state index in [2.05, 4.69) is 0 Å². The zero-order chi connectivity index (χ0) is 22.2. The first-order valence-electron chi connectivity index (χ1n) is 9.20. The summed E-state index contributed by atoms with van der Waals surface area (Å²) in [5.74, 6) is -3.86. The number of amides is 2. The van der Waals surface area contributed by atoms with E-state index in [1.807, 2.05) is 0 Å². The van der Waals surface area contributed by atoms with Crippen molar-refractivity contribution in [3.63, 3.8) is 0 Å². The Balaban J connectivity index is 1.77. The number of halogens is 3.